The summed E-state index contributed by atoms with van der Waals surface area (Å²) in [5, 5.41) is 19.7. The molecule has 1 aliphatic rings. The first-order chi connectivity index (χ1) is 8.83. The van der Waals surface area contributed by atoms with Gasteiger partial charge < -0.3 is 25.3 Å². The zero-order valence-electron chi connectivity index (χ0n) is 10.9. The van der Waals surface area contributed by atoms with Crippen LogP contribution in [0.3, 0.4) is 0 Å². The maximum absolute atomic E-state index is 9.98. The number of fused-ring (bicyclic) bond motifs is 1. The Hall–Kier alpha value is -0.595. The highest BCUT2D eigenvalue weighted by atomic mass is 79.9. The van der Waals surface area contributed by atoms with Gasteiger partial charge in [0.1, 0.15) is 12.4 Å². The minimum Gasteiger partial charge on any atom is -0.491 e. The predicted octanol–water partition coefficient (Wildman–Crippen LogP) is 0.316. The summed E-state index contributed by atoms with van der Waals surface area (Å²) in [5.74, 6) is 0.503. The van der Waals surface area contributed by atoms with Crippen LogP contribution >= 0.6 is 15.9 Å². The van der Waals surface area contributed by atoms with E-state index in [2.05, 4.69) is 15.9 Å². The van der Waals surface area contributed by atoms with Crippen LogP contribution in [0.1, 0.15) is 25.5 Å². The predicted molar refractivity (Wildman–Crippen MR) is 76.4 cm³/mol. The minimum atomic E-state index is -1.06. The summed E-state index contributed by atoms with van der Waals surface area (Å²) in [4.78, 5) is 0. The first-order valence-electron chi connectivity index (χ1n) is 6.04. The summed E-state index contributed by atoms with van der Waals surface area (Å²) in [6, 6.07) is 3.56. The number of aliphatic hydroxyl groups is 1. The Labute approximate surface area is 121 Å². The van der Waals surface area contributed by atoms with Crippen LogP contribution < -0.4 is 15.9 Å². The third kappa shape index (κ3) is 3.12. The number of hydrogen-bond acceptors (Lipinski definition) is 5. The average molecular weight is 330 g/mol. The van der Waals surface area contributed by atoms with E-state index in [0.717, 1.165) is 10.0 Å². The summed E-state index contributed by atoms with van der Waals surface area (Å²) in [6.07, 6.45) is -0.356. The van der Waals surface area contributed by atoms with Crippen molar-refractivity contribution in [3.8, 4) is 5.75 Å². The molecule has 1 aromatic rings. The summed E-state index contributed by atoms with van der Waals surface area (Å²) in [5.41, 5.74) is 6.07. The van der Waals surface area contributed by atoms with Crippen LogP contribution in [0.15, 0.2) is 16.6 Å². The topological polar surface area (TPSA) is 84.9 Å². The Morgan fingerprint density at radius 1 is 1.53 bits per heavy atom. The molecule has 0 spiro atoms. The third-order valence-electron chi connectivity index (χ3n) is 2.85. The van der Waals surface area contributed by atoms with Crippen molar-refractivity contribution in [1.82, 2.24) is 0 Å². The van der Waals surface area contributed by atoms with Gasteiger partial charge in [-0.05, 0) is 31.5 Å². The van der Waals surface area contributed by atoms with Gasteiger partial charge in [-0.1, -0.05) is 15.9 Å². The van der Waals surface area contributed by atoms with E-state index in [1.165, 1.54) is 0 Å². The molecule has 2 rings (SSSR count). The van der Waals surface area contributed by atoms with Crippen molar-refractivity contribution in [2.24, 2.45) is 5.73 Å². The van der Waals surface area contributed by atoms with E-state index in [1.807, 2.05) is 6.07 Å². The monoisotopic (exact) mass is 329 g/mol. The molecule has 7 heteroatoms. The second kappa shape index (κ2) is 5.42. The van der Waals surface area contributed by atoms with E-state index in [-0.39, 0.29) is 19.3 Å². The maximum Gasteiger partial charge on any atom is 0.495 e. The summed E-state index contributed by atoms with van der Waals surface area (Å²) in [6.45, 7) is 3.71. The lowest BCUT2D eigenvalue weighted by atomic mass is 9.78. The molecule has 19 heavy (non-hydrogen) atoms. The molecule has 0 unspecified atom stereocenters. The lowest BCUT2D eigenvalue weighted by molar-refractivity contribution is 0.0288. The highest BCUT2D eigenvalue weighted by molar-refractivity contribution is 9.10. The van der Waals surface area contributed by atoms with Crippen molar-refractivity contribution >= 4 is 28.5 Å². The molecule has 0 aromatic heterocycles. The molecule has 0 bridgehead atoms. The van der Waals surface area contributed by atoms with Crippen molar-refractivity contribution in [2.45, 2.75) is 25.6 Å². The highest BCUT2D eigenvalue weighted by Crippen LogP contribution is 2.33. The summed E-state index contributed by atoms with van der Waals surface area (Å²) < 4.78 is 11.8. The molecular formula is C12H17BBrNO4. The first kappa shape index (κ1) is 14.8. The number of halogens is 1. The SMILES string of the molecule is CC(C)(O)COc1ccc(Br)c2c1B(O)O[C@@H]2CN. The molecule has 1 atom stereocenters. The molecule has 1 aliphatic heterocycles. The van der Waals surface area contributed by atoms with Crippen molar-refractivity contribution in [1.29, 1.82) is 0 Å². The molecule has 1 aromatic carbocycles. The van der Waals surface area contributed by atoms with Gasteiger partial charge >= 0.3 is 7.12 Å². The van der Waals surface area contributed by atoms with Crippen LogP contribution in [-0.2, 0) is 4.65 Å². The smallest absolute Gasteiger partial charge is 0.491 e. The van der Waals surface area contributed by atoms with E-state index in [1.54, 1.807) is 19.9 Å². The molecule has 0 saturated carbocycles. The number of benzene rings is 1. The molecule has 0 fully saturated rings. The second-order valence-electron chi connectivity index (χ2n) is 5.19. The van der Waals surface area contributed by atoms with Gasteiger partial charge in [-0.3, -0.25) is 0 Å². The Balaban J connectivity index is 2.35. The van der Waals surface area contributed by atoms with Crippen molar-refractivity contribution in [3.63, 3.8) is 0 Å². The quantitative estimate of drug-likeness (QED) is 0.693. The van der Waals surface area contributed by atoms with Crippen LogP contribution in [0, 0.1) is 0 Å². The molecule has 0 radical (unpaired) electrons. The summed E-state index contributed by atoms with van der Waals surface area (Å²) >= 11 is 3.43. The molecule has 1 heterocycles. The Kier molecular flexibility index (Phi) is 4.22. The number of hydrogen-bond donors (Lipinski definition) is 3. The van der Waals surface area contributed by atoms with Gasteiger partial charge in [-0.25, -0.2) is 0 Å². The van der Waals surface area contributed by atoms with Gasteiger partial charge in [-0.2, -0.15) is 0 Å². The van der Waals surface area contributed by atoms with Crippen molar-refractivity contribution < 1.29 is 19.5 Å². The van der Waals surface area contributed by atoms with E-state index in [0.29, 0.717) is 11.2 Å². The lowest BCUT2D eigenvalue weighted by Crippen LogP contribution is -2.33. The largest absolute Gasteiger partial charge is 0.495 e. The van der Waals surface area contributed by atoms with Crippen LogP contribution in [0.25, 0.3) is 0 Å². The van der Waals surface area contributed by atoms with Gasteiger partial charge in [-0.15, -0.1) is 0 Å². The number of nitrogens with two attached hydrogens (primary N) is 1. The van der Waals surface area contributed by atoms with Crippen LogP contribution in [0.2, 0.25) is 0 Å². The van der Waals surface area contributed by atoms with Gasteiger partial charge in [0.25, 0.3) is 0 Å². The molecule has 0 amide bonds. The molecule has 4 N–H and O–H groups in total. The van der Waals surface area contributed by atoms with Gasteiger partial charge in [0.05, 0.1) is 11.7 Å². The number of ether oxygens (including phenoxy) is 1. The van der Waals surface area contributed by atoms with Crippen molar-refractivity contribution in [3.05, 3.63) is 22.2 Å². The Morgan fingerprint density at radius 2 is 2.21 bits per heavy atom. The fourth-order valence-corrected chi connectivity index (χ4v) is 2.62. The normalized spacial score (nSPS) is 18.6. The highest BCUT2D eigenvalue weighted by Gasteiger charge is 2.39. The first-order valence-corrected chi connectivity index (χ1v) is 6.84. The van der Waals surface area contributed by atoms with E-state index in [4.69, 9.17) is 15.1 Å². The third-order valence-corrected chi connectivity index (χ3v) is 3.54. The Bertz CT molecular complexity index is 478. The van der Waals surface area contributed by atoms with Crippen LogP contribution in [0.5, 0.6) is 5.75 Å². The number of rotatable bonds is 4. The zero-order valence-corrected chi connectivity index (χ0v) is 12.5. The van der Waals surface area contributed by atoms with Gasteiger partial charge in [0.15, 0.2) is 0 Å². The van der Waals surface area contributed by atoms with Crippen LogP contribution in [0.4, 0.5) is 0 Å². The van der Waals surface area contributed by atoms with Gasteiger partial charge in [0.2, 0.25) is 0 Å². The molecule has 5 nitrogen and oxygen atoms in total. The van der Waals surface area contributed by atoms with Crippen molar-refractivity contribution in [2.75, 3.05) is 13.2 Å². The molecular weight excluding hydrogens is 313 g/mol. The fourth-order valence-electron chi connectivity index (χ4n) is 2.02. The van der Waals surface area contributed by atoms with E-state index >= 15 is 0 Å². The molecule has 0 aliphatic carbocycles. The maximum atomic E-state index is 9.98. The van der Waals surface area contributed by atoms with E-state index < -0.39 is 12.7 Å². The van der Waals surface area contributed by atoms with E-state index in [9.17, 15) is 10.1 Å². The summed E-state index contributed by atoms with van der Waals surface area (Å²) in [7, 11) is -1.06. The minimum absolute atomic E-state index is 0.126. The Morgan fingerprint density at radius 3 is 2.79 bits per heavy atom. The second-order valence-corrected chi connectivity index (χ2v) is 6.04. The standard InChI is InChI=1S/C12H17BBrNO4/c1-12(2,16)6-18-8-4-3-7(14)10-9(5-15)19-13(17)11(8)10/h3-4,9,16-17H,5-6,15H2,1-2H3/t9-/m1/s1. The zero-order chi connectivity index (χ0) is 14.2. The fraction of sp³-hybridized carbons (Fsp3) is 0.500. The molecule has 104 valence electrons. The van der Waals surface area contributed by atoms with Crippen LogP contribution in [-0.4, -0.2) is 36.0 Å². The average Bonchev–Trinajstić information content (AvgIpc) is 2.66. The lowest BCUT2D eigenvalue weighted by Gasteiger charge is -2.19. The van der Waals surface area contributed by atoms with Gasteiger partial charge in [0, 0.05) is 16.5 Å². The molecule has 0 saturated heterocycles.